The molecule has 2 unspecified atom stereocenters. The first-order chi connectivity index (χ1) is 14.3. The largest absolute Gasteiger partial charge is 0.421 e. The molecule has 204 valence electrons. The summed E-state index contributed by atoms with van der Waals surface area (Å²) in [6, 6.07) is 0. The number of rotatable bonds is 9. The van der Waals surface area contributed by atoms with Gasteiger partial charge in [-0.15, -0.1) is 0 Å². The highest BCUT2D eigenvalue weighted by Gasteiger charge is 2.62. The Labute approximate surface area is 172 Å². The summed E-state index contributed by atoms with van der Waals surface area (Å²) in [5.41, 5.74) is 0. The topological polar surface area (TPSA) is 18.5 Å². The zero-order valence-corrected chi connectivity index (χ0v) is 15.9. The van der Waals surface area contributed by atoms with Crippen molar-refractivity contribution in [3.8, 4) is 0 Å². The van der Waals surface area contributed by atoms with Crippen LogP contribution in [0.15, 0.2) is 0 Å². The van der Waals surface area contributed by atoms with E-state index < -0.39 is 68.6 Å². The fourth-order valence-electron chi connectivity index (χ4n) is 1.29. The lowest BCUT2D eigenvalue weighted by atomic mass is 10.00. The molecule has 0 radical (unpaired) electrons. The molecule has 0 rings (SSSR count). The molecule has 0 saturated carbocycles. The zero-order valence-electron chi connectivity index (χ0n) is 15.9. The Morgan fingerprint density at radius 1 is 0.697 bits per heavy atom. The molecule has 33 heavy (non-hydrogen) atoms. The molecule has 20 heteroatoms. The normalized spacial score (nSPS) is 15.6. The fraction of sp³-hybridized carbons (Fsp3) is 1.00. The third-order valence-electron chi connectivity index (χ3n) is 2.79. The summed E-state index contributed by atoms with van der Waals surface area (Å²) >= 11 is 0. The minimum absolute atomic E-state index is 0.0529. The van der Waals surface area contributed by atoms with Crippen molar-refractivity contribution in [1.29, 1.82) is 0 Å². The van der Waals surface area contributed by atoms with E-state index in [1.54, 1.807) is 0 Å². The minimum Gasteiger partial charge on any atom is -0.284 e. The molecule has 0 aliphatic carbocycles. The van der Waals surface area contributed by atoms with Gasteiger partial charge >= 0.3 is 36.6 Å². The summed E-state index contributed by atoms with van der Waals surface area (Å²) in [7, 11) is 0.500. The average molecular weight is 544 g/mol. The Hall–Kier alpha value is -1.34. The monoisotopic (exact) mass is 544 g/mol. The first kappa shape index (κ1) is 36.2. The van der Waals surface area contributed by atoms with Crippen molar-refractivity contribution in [2.24, 2.45) is 5.92 Å². The highest BCUT2D eigenvalue weighted by atomic mass is 19.4. The molecule has 0 fully saturated rings. The fourth-order valence-corrected chi connectivity index (χ4v) is 1.29. The van der Waals surface area contributed by atoms with Crippen LogP contribution in [0, 0.1) is 5.92 Å². The van der Waals surface area contributed by atoms with Gasteiger partial charge in [-0.3, -0.25) is 13.9 Å². The molecule has 0 aromatic heterocycles. The van der Waals surface area contributed by atoms with E-state index in [1.807, 2.05) is 0 Å². The van der Waals surface area contributed by atoms with E-state index in [-0.39, 0.29) is 6.92 Å². The van der Waals surface area contributed by atoms with Gasteiger partial charge in [-0.2, -0.15) is 61.5 Å². The van der Waals surface area contributed by atoms with Crippen molar-refractivity contribution < 1.29 is 88.5 Å². The molecule has 0 amide bonds. The lowest BCUT2D eigenvalue weighted by molar-refractivity contribution is -0.421. The van der Waals surface area contributed by atoms with Gasteiger partial charge in [-0.1, -0.05) is 0 Å². The standard InChI is InChI=1S/C8H6F12O.C4H5F5O.CH3F/c9-2-5(11,12)21-8(19,20)3(6(13,14)15)1-4(10)7(16,17)18;1-3(6,7)4(8,9)10-2-5;1-2/h3-4H,1-2H2;2H2,1H3;1H3. The lowest BCUT2D eigenvalue weighted by Crippen LogP contribution is -2.48. The molecule has 0 saturated heterocycles. The maximum absolute atomic E-state index is 12.9. The van der Waals surface area contributed by atoms with Crippen molar-refractivity contribution >= 4 is 0 Å². The summed E-state index contributed by atoms with van der Waals surface area (Å²) in [5, 5.41) is 0. The number of alkyl halides is 18. The Kier molecular flexibility index (Phi) is 14.2. The van der Waals surface area contributed by atoms with Gasteiger partial charge < -0.3 is 0 Å². The second-order valence-electron chi connectivity index (χ2n) is 5.43. The van der Waals surface area contributed by atoms with Gasteiger partial charge in [-0.25, -0.2) is 13.2 Å². The van der Waals surface area contributed by atoms with Gasteiger partial charge in [0.1, 0.15) is 5.92 Å². The molecule has 2 nitrogen and oxygen atoms in total. The quantitative estimate of drug-likeness (QED) is 0.282. The zero-order chi connectivity index (χ0) is 27.7. The van der Waals surface area contributed by atoms with Gasteiger partial charge in [0.05, 0.1) is 7.18 Å². The summed E-state index contributed by atoms with van der Waals surface area (Å²) in [5.74, 6) is -8.89. The number of halogens is 18. The van der Waals surface area contributed by atoms with Crippen molar-refractivity contribution in [1.82, 2.24) is 0 Å². The Bertz CT molecular complexity index is 523. The minimum atomic E-state index is -6.20. The Morgan fingerprint density at radius 3 is 1.30 bits per heavy atom. The second kappa shape index (κ2) is 12.9. The number of ether oxygens (including phenoxy) is 2. The molecule has 0 aliphatic rings. The van der Waals surface area contributed by atoms with Crippen LogP contribution in [-0.2, 0) is 9.47 Å². The van der Waals surface area contributed by atoms with Crippen LogP contribution in [0.2, 0.25) is 0 Å². The maximum atomic E-state index is 12.9. The van der Waals surface area contributed by atoms with E-state index in [1.165, 1.54) is 0 Å². The van der Waals surface area contributed by atoms with Crippen LogP contribution in [0.3, 0.4) is 0 Å². The van der Waals surface area contributed by atoms with Crippen LogP contribution in [-0.4, -0.2) is 63.5 Å². The third-order valence-corrected chi connectivity index (χ3v) is 2.79. The summed E-state index contributed by atoms with van der Waals surface area (Å²) < 4.78 is 218. The second-order valence-corrected chi connectivity index (χ2v) is 5.43. The molecule has 0 bridgehead atoms. The molecule has 0 spiro atoms. The molecule has 0 aromatic carbocycles. The molecule has 2 atom stereocenters. The highest BCUT2D eigenvalue weighted by Crippen LogP contribution is 2.46. The van der Waals surface area contributed by atoms with Gasteiger partial charge in [0.2, 0.25) is 0 Å². The van der Waals surface area contributed by atoms with E-state index in [0.29, 0.717) is 7.18 Å². The SMILES string of the molecule is CC(F)(F)C(F)(F)OCF.CF.FCC(F)(F)OC(F)(F)C(CC(F)C(F)(F)F)C(F)(F)F. The molecular weight excluding hydrogens is 530 g/mol. The van der Waals surface area contributed by atoms with Gasteiger partial charge in [0.25, 0.3) is 0 Å². The third kappa shape index (κ3) is 13.8. The Morgan fingerprint density at radius 2 is 1.09 bits per heavy atom. The predicted octanol–water partition coefficient (Wildman–Crippen LogP) is 7.39. The van der Waals surface area contributed by atoms with E-state index in [0.717, 1.165) is 0 Å². The summed E-state index contributed by atoms with van der Waals surface area (Å²) in [6.07, 6.45) is -35.5. The molecule has 0 aromatic rings. The molecule has 0 aliphatic heterocycles. The van der Waals surface area contributed by atoms with Crippen LogP contribution >= 0.6 is 0 Å². The van der Waals surface area contributed by atoms with Gasteiger partial charge in [0, 0.05) is 13.3 Å². The smallest absolute Gasteiger partial charge is 0.284 e. The van der Waals surface area contributed by atoms with Crippen LogP contribution in [0.1, 0.15) is 13.3 Å². The molecule has 0 heterocycles. The van der Waals surface area contributed by atoms with Gasteiger partial charge in [-0.05, 0) is 0 Å². The predicted molar refractivity (Wildman–Crippen MR) is 71.7 cm³/mol. The van der Waals surface area contributed by atoms with Crippen molar-refractivity contribution in [3.05, 3.63) is 0 Å². The van der Waals surface area contributed by atoms with Crippen molar-refractivity contribution in [2.45, 2.75) is 56.1 Å². The number of hydrogen-bond donors (Lipinski definition) is 0. The average Bonchev–Trinajstić information content (AvgIpc) is 2.57. The van der Waals surface area contributed by atoms with E-state index in [9.17, 15) is 79.0 Å². The maximum Gasteiger partial charge on any atom is 0.421 e. The first-order valence-electron chi connectivity index (χ1n) is 7.46. The summed E-state index contributed by atoms with van der Waals surface area (Å²) in [6.45, 7) is -4.94. The van der Waals surface area contributed by atoms with Crippen LogP contribution in [0.4, 0.5) is 79.0 Å². The van der Waals surface area contributed by atoms with Gasteiger partial charge in [0.15, 0.2) is 19.7 Å². The van der Waals surface area contributed by atoms with Crippen molar-refractivity contribution in [2.75, 3.05) is 20.7 Å². The summed E-state index contributed by atoms with van der Waals surface area (Å²) in [4.78, 5) is 0. The van der Waals surface area contributed by atoms with E-state index in [4.69, 9.17) is 0 Å². The number of hydrogen-bond acceptors (Lipinski definition) is 2. The molecular formula is C13H14F18O2. The van der Waals surface area contributed by atoms with Crippen molar-refractivity contribution in [3.63, 3.8) is 0 Å². The van der Waals surface area contributed by atoms with Crippen LogP contribution < -0.4 is 0 Å². The highest BCUT2D eigenvalue weighted by molar-refractivity contribution is 4.82. The Balaban J connectivity index is -0.000000627. The van der Waals surface area contributed by atoms with E-state index in [2.05, 4.69) is 9.47 Å². The lowest BCUT2D eigenvalue weighted by Gasteiger charge is -2.31. The molecule has 0 N–H and O–H groups in total. The van der Waals surface area contributed by atoms with E-state index >= 15 is 0 Å². The van der Waals surface area contributed by atoms with Crippen LogP contribution in [0.5, 0.6) is 0 Å². The van der Waals surface area contributed by atoms with Crippen LogP contribution in [0.25, 0.3) is 0 Å². The first-order valence-corrected chi connectivity index (χ1v) is 7.46.